The SMILES string of the molecule is Cc1cc(CC(=O)NCC(O)COc2ccc(F)c(F)c2)n[nH]1. The van der Waals surface area contributed by atoms with Crippen LogP contribution in [0.4, 0.5) is 8.78 Å². The van der Waals surface area contributed by atoms with Crippen LogP contribution in [0.15, 0.2) is 24.3 Å². The lowest BCUT2D eigenvalue weighted by molar-refractivity contribution is -0.121. The largest absolute Gasteiger partial charge is 0.491 e. The van der Waals surface area contributed by atoms with Gasteiger partial charge in [-0.25, -0.2) is 8.78 Å². The summed E-state index contributed by atoms with van der Waals surface area (Å²) in [4.78, 5) is 11.7. The summed E-state index contributed by atoms with van der Waals surface area (Å²) in [5, 5.41) is 18.9. The third-order valence-corrected chi connectivity index (χ3v) is 2.97. The van der Waals surface area contributed by atoms with E-state index in [1.807, 2.05) is 6.92 Å². The number of carbonyl (C=O) groups is 1. The van der Waals surface area contributed by atoms with E-state index in [0.29, 0.717) is 5.69 Å². The van der Waals surface area contributed by atoms with Crippen molar-refractivity contribution in [2.75, 3.05) is 13.2 Å². The molecule has 1 aromatic heterocycles. The molecular weight excluding hydrogens is 308 g/mol. The van der Waals surface area contributed by atoms with Gasteiger partial charge in [-0.2, -0.15) is 5.10 Å². The van der Waals surface area contributed by atoms with Crippen LogP contribution in [0.5, 0.6) is 5.75 Å². The number of hydrogen-bond donors (Lipinski definition) is 3. The molecule has 8 heteroatoms. The van der Waals surface area contributed by atoms with E-state index < -0.39 is 17.7 Å². The van der Waals surface area contributed by atoms with Crippen LogP contribution >= 0.6 is 0 Å². The van der Waals surface area contributed by atoms with Crippen LogP contribution in [-0.2, 0) is 11.2 Å². The molecule has 0 radical (unpaired) electrons. The van der Waals surface area contributed by atoms with Crippen molar-refractivity contribution in [3.8, 4) is 5.75 Å². The van der Waals surface area contributed by atoms with Crippen LogP contribution in [-0.4, -0.2) is 40.5 Å². The molecular formula is C15H17F2N3O3. The maximum atomic E-state index is 13.0. The molecule has 0 saturated carbocycles. The zero-order valence-electron chi connectivity index (χ0n) is 12.5. The Kier molecular flexibility index (Phi) is 5.64. The fraction of sp³-hybridized carbons (Fsp3) is 0.333. The lowest BCUT2D eigenvalue weighted by Gasteiger charge is -2.13. The highest BCUT2D eigenvalue weighted by molar-refractivity contribution is 5.78. The second-order valence-electron chi connectivity index (χ2n) is 5.06. The Morgan fingerprint density at radius 3 is 2.83 bits per heavy atom. The van der Waals surface area contributed by atoms with E-state index in [1.165, 1.54) is 6.07 Å². The minimum Gasteiger partial charge on any atom is -0.491 e. The van der Waals surface area contributed by atoms with Crippen LogP contribution in [0.3, 0.4) is 0 Å². The molecule has 6 nitrogen and oxygen atoms in total. The van der Waals surface area contributed by atoms with Crippen LogP contribution < -0.4 is 10.1 Å². The van der Waals surface area contributed by atoms with E-state index in [0.717, 1.165) is 17.8 Å². The number of nitrogens with one attached hydrogen (secondary N) is 2. The maximum absolute atomic E-state index is 13.0. The van der Waals surface area contributed by atoms with Crippen LogP contribution in [0.1, 0.15) is 11.4 Å². The van der Waals surface area contributed by atoms with E-state index >= 15 is 0 Å². The molecule has 0 fully saturated rings. The Hall–Kier alpha value is -2.48. The number of aryl methyl sites for hydroxylation is 1. The fourth-order valence-corrected chi connectivity index (χ4v) is 1.84. The summed E-state index contributed by atoms with van der Waals surface area (Å²) in [6.07, 6.45) is -0.880. The summed E-state index contributed by atoms with van der Waals surface area (Å²) < 4.78 is 30.9. The lowest BCUT2D eigenvalue weighted by Crippen LogP contribution is -2.36. The van der Waals surface area contributed by atoms with Crippen molar-refractivity contribution >= 4 is 5.91 Å². The monoisotopic (exact) mass is 325 g/mol. The van der Waals surface area contributed by atoms with E-state index in [1.54, 1.807) is 6.07 Å². The molecule has 0 aliphatic rings. The smallest absolute Gasteiger partial charge is 0.226 e. The van der Waals surface area contributed by atoms with Crippen LogP contribution in [0.2, 0.25) is 0 Å². The lowest BCUT2D eigenvalue weighted by atomic mass is 10.2. The van der Waals surface area contributed by atoms with E-state index in [-0.39, 0.29) is 31.2 Å². The summed E-state index contributed by atoms with van der Waals surface area (Å²) in [6, 6.07) is 4.83. The molecule has 124 valence electrons. The van der Waals surface area contributed by atoms with Crippen LogP contribution in [0.25, 0.3) is 0 Å². The Balaban J connectivity index is 1.71. The maximum Gasteiger partial charge on any atom is 0.226 e. The molecule has 2 aromatic rings. The van der Waals surface area contributed by atoms with Crippen molar-refractivity contribution in [3.05, 3.63) is 47.3 Å². The second-order valence-corrected chi connectivity index (χ2v) is 5.06. The van der Waals surface area contributed by atoms with Crippen molar-refractivity contribution in [1.29, 1.82) is 0 Å². The van der Waals surface area contributed by atoms with Gasteiger partial charge in [0.05, 0.1) is 12.1 Å². The minimum atomic E-state index is -1.03. The molecule has 1 atom stereocenters. The first-order valence-corrected chi connectivity index (χ1v) is 6.97. The quantitative estimate of drug-likeness (QED) is 0.711. The number of carbonyl (C=O) groups excluding carboxylic acids is 1. The number of halogens is 2. The predicted molar refractivity (Wildman–Crippen MR) is 77.9 cm³/mol. The summed E-state index contributed by atoms with van der Waals surface area (Å²) >= 11 is 0. The Labute approximate surface area is 131 Å². The normalized spacial score (nSPS) is 12.0. The van der Waals surface area contributed by atoms with Gasteiger partial charge in [-0.15, -0.1) is 0 Å². The number of nitrogens with zero attached hydrogens (tertiary/aromatic N) is 1. The molecule has 1 unspecified atom stereocenters. The molecule has 3 N–H and O–H groups in total. The van der Waals surface area contributed by atoms with Gasteiger partial charge in [0.2, 0.25) is 5.91 Å². The van der Waals surface area contributed by atoms with Gasteiger partial charge >= 0.3 is 0 Å². The van der Waals surface area contributed by atoms with Gasteiger partial charge in [0.25, 0.3) is 0 Å². The first kappa shape index (κ1) is 16.9. The fourth-order valence-electron chi connectivity index (χ4n) is 1.84. The molecule has 0 spiro atoms. The number of aliphatic hydroxyl groups is 1. The molecule has 0 saturated heterocycles. The number of benzene rings is 1. The van der Waals surface area contributed by atoms with Gasteiger partial charge in [0.15, 0.2) is 11.6 Å². The average Bonchev–Trinajstić information content (AvgIpc) is 2.91. The van der Waals surface area contributed by atoms with Crippen molar-refractivity contribution in [3.63, 3.8) is 0 Å². The third kappa shape index (κ3) is 5.33. The summed E-state index contributed by atoms with van der Waals surface area (Å²) in [6.45, 7) is 1.65. The van der Waals surface area contributed by atoms with E-state index in [9.17, 15) is 18.7 Å². The first-order chi connectivity index (χ1) is 10.9. The zero-order valence-corrected chi connectivity index (χ0v) is 12.5. The minimum absolute atomic E-state index is 0.0219. The summed E-state index contributed by atoms with van der Waals surface area (Å²) in [5.41, 5.74) is 1.46. The molecule has 0 aliphatic carbocycles. The number of aromatic amines is 1. The number of aromatic nitrogens is 2. The topological polar surface area (TPSA) is 87.2 Å². The highest BCUT2D eigenvalue weighted by atomic mass is 19.2. The molecule has 1 heterocycles. The standard InChI is InChI=1S/C15H17F2N3O3/c1-9-4-10(20-19-9)5-15(22)18-7-11(21)8-23-12-2-3-13(16)14(17)6-12/h2-4,6,11,21H,5,7-8H2,1H3,(H,18,22)(H,19,20). The predicted octanol–water partition coefficient (Wildman–Crippen LogP) is 1.09. The van der Waals surface area contributed by atoms with Crippen molar-refractivity contribution in [1.82, 2.24) is 15.5 Å². The molecule has 23 heavy (non-hydrogen) atoms. The number of aliphatic hydroxyl groups excluding tert-OH is 1. The van der Waals surface area contributed by atoms with E-state index in [4.69, 9.17) is 4.74 Å². The number of amides is 1. The van der Waals surface area contributed by atoms with Crippen molar-refractivity contribution in [2.24, 2.45) is 0 Å². The average molecular weight is 325 g/mol. The number of ether oxygens (including phenoxy) is 1. The number of rotatable bonds is 7. The van der Waals surface area contributed by atoms with Gasteiger partial charge in [0.1, 0.15) is 18.5 Å². The van der Waals surface area contributed by atoms with E-state index in [2.05, 4.69) is 15.5 Å². The van der Waals surface area contributed by atoms with Crippen molar-refractivity contribution < 1.29 is 23.4 Å². The third-order valence-electron chi connectivity index (χ3n) is 2.97. The van der Waals surface area contributed by atoms with Crippen LogP contribution in [0, 0.1) is 18.6 Å². The highest BCUT2D eigenvalue weighted by Crippen LogP contribution is 2.15. The van der Waals surface area contributed by atoms with Gasteiger partial charge in [-0.3, -0.25) is 9.89 Å². The molecule has 0 bridgehead atoms. The molecule has 1 aromatic carbocycles. The molecule has 0 aliphatic heterocycles. The van der Waals surface area contributed by atoms with Gasteiger partial charge in [0, 0.05) is 18.3 Å². The summed E-state index contributed by atoms with van der Waals surface area (Å²) in [7, 11) is 0. The number of hydrogen-bond acceptors (Lipinski definition) is 4. The molecule has 2 rings (SSSR count). The number of H-pyrrole nitrogens is 1. The molecule has 1 amide bonds. The Morgan fingerprint density at radius 1 is 1.39 bits per heavy atom. The zero-order chi connectivity index (χ0) is 16.8. The van der Waals surface area contributed by atoms with Crippen molar-refractivity contribution in [2.45, 2.75) is 19.4 Å². The van der Waals surface area contributed by atoms with Gasteiger partial charge in [-0.1, -0.05) is 0 Å². The van der Waals surface area contributed by atoms with Gasteiger partial charge in [-0.05, 0) is 25.1 Å². The summed E-state index contributed by atoms with van der Waals surface area (Å²) in [5.74, 6) is -2.19. The highest BCUT2D eigenvalue weighted by Gasteiger charge is 2.11. The Morgan fingerprint density at radius 2 is 2.17 bits per heavy atom. The second kappa shape index (κ2) is 7.68. The Bertz CT molecular complexity index is 676. The van der Waals surface area contributed by atoms with Gasteiger partial charge < -0.3 is 15.2 Å². The first-order valence-electron chi connectivity index (χ1n) is 6.97.